The topological polar surface area (TPSA) is 51.0 Å². The fourth-order valence-corrected chi connectivity index (χ4v) is 2.89. The highest BCUT2D eigenvalue weighted by molar-refractivity contribution is 5.94. The third-order valence-electron chi connectivity index (χ3n) is 3.95. The van der Waals surface area contributed by atoms with E-state index in [0.717, 1.165) is 17.7 Å². The van der Waals surface area contributed by atoms with Crippen LogP contribution in [-0.2, 0) is 11.3 Å². The van der Waals surface area contributed by atoms with Gasteiger partial charge in [-0.05, 0) is 17.5 Å². The number of aromatic nitrogens is 3. The molecule has 1 aromatic heterocycles. The highest BCUT2D eigenvalue weighted by Crippen LogP contribution is 2.38. The molecule has 0 spiro atoms. The molecule has 0 N–H and O–H groups in total. The molecule has 1 amide bonds. The second-order valence-electron chi connectivity index (χ2n) is 5.24. The lowest BCUT2D eigenvalue weighted by molar-refractivity contribution is -0.139. The first-order valence-electron chi connectivity index (χ1n) is 6.77. The summed E-state index contributed by atoms with van der Waals surface area (Å²) in [6.07, 6.45) is 7.37. The maximum Gasteiger partial charge on any atom is 0.229 e. The summed E-state index contributed by atoms with van der Waals surface area (Å²) in [6, 6.07) is 8.72. The van der Waals surface area contributed by atoms with Crippen LogP contribution in [0.4, 0.5) is 0 Å². The van der Waals surface area contributed by atoms with Crippen LogP contribution in [0.2, 0.25) is 0 Å². The minimum Gasteiger partial charge on any atom is -0.308 e. The van der Waals surface area contributed by atoms with Gasteiger partial charge in [0.2, 0.25) is 5.91 Å². The van der Waals surface area contributed by atoms with Crippen LogP contribution in [0.25, 0.3) is 5.70 Å². The highest BCUT2D eigenvalue weighted by Gasteiger charge is 2.41. The van der Waals surface area contributed by atoms with E-state index in [0.29, 0.717) is 19.0 Å². The zero-order valence-electron chi connectivity index (χ0n) is 10.9. The van der Waals surface area contributed by atoms with Crippen LogP contribution in [0.5, 0.6) is 0 Å². The minimum absolute atomic E-state index is 0.241. The molecule has 20 heavy (non-hydrogen) atoms. The third kappa shape index (κ3) is 1.74. The summed E-state index contributed by atoms with van der Waals surface area (Å²) in [4.78, 5) is 13.6. The lowest BCUT2D eigenvalue weighted by Crippen LogP contribution is -2.47. The van der Waals surface area contributed by atoms with Gasteiger partial charge in [-0.2, -0.15) is 0 Å². The Labute approximate surface area is 116 Å². The van der Waals surface area contributed by atoms with Crippen LogP contribution >= 0.6 is 0 Å². The van der Waals surface area contributed by atoms with E-state index in [-0.39, 0.29) is 5.91 Å². The molecule has 100 valence electrons. The van der Waals surface area contributed by atoms with Crippen molar-refractivity contribution < 1.29 is 4.79 Å². The first kappa shape index (κ1) is 11.4. The average Bonchev–Trinajstić information content (AvgIpc) is 3.06. The van der Waals surface area contributed by atoms with E-state index in [1.807, 2.05) is 11.1 Å². The highest BCUT2D eigenvalue weighted by atomic mass is 16.2. The Morgan fingerprint density at radius 3 is 2.80 bits per heavy atom. The van der Waals surface area contributed by atoms with Gasteiger partial charge in [-0.3, -0.25) is 4.79 Å². The smallest absolute Gasteiger partial charge is 0.229 e. The Balaban J connectivity index is 1.54. The largest absolute Gasteiger partial charge is 0.308 e. The monoisotopic (exact) mass is 266 g/mol. The van der Waals surface area contributed by atoms with Crippen LogP contribution in [0.15, 0.2) is 42.7 Å². The predicted octanol–water partition coefficient (Wildman–Crippen LogP) is 1.67. The number of hydrogen-bond acceptors (Lipinski definition) is 3. The molecule has 0 unspecified atom stereocenters. The predicted molar refractivity (Wildman–Crippen MR) is 73.4 cm³/mol. The summed E-state index contributed by atoms with van der Waals surface area (Å²) in [5.74, 6) is 0.241. The maximum absolute atomic E-state index is 11.6. The van der Waals surface area contributed by atoms with E-state index < -0.39 is 0 Å². The van der Waals surface area contributed by atoms with E-state index in [2.05, 4.69) is 40.7 Å². The summed E-state index contributed by atoms with van der Waals surface area (Å²) < 4.78 is 1.79. The second-order valence-corrected chi connectivity index (χ2v) is 5.24. The van der Waals surface area contributed by atoms with Gasteiger partial charge >= 0.3 is 0 Å². The van der Waals surface area contributed by atoms with Crippen LogP contribution in [0.3, 0.4) is 0 Å². The van der Waals surface area contributed by atoms with Crippen LogP contribution < -0.4 is 0 Å². The van der Waals surface area contributed by atoms with Gasteiger partial charge in [0, 0.05) is 24.4 Å². The van der Waals surface area contributed by atoms with Crippen molar-refractivity contribution in [2.45, 2.75) is 25.4 Å². The number of rotatable bonds is 3. The van der Waals surface area contributed by atoms with E-state index in [1.165, 1.54) is 5.56 Å². The zero-order valence-corrected chi connectivity index (χ0v) is 10.9. The number of hydrogen-bond donors (Lipinski definition) is 0. The molecule has 1 atom stereocenters. The van der Waals surface area contributed by atoms with Crippen LogP contribution in [-0.4, -0.2) is 31.8 Å². The van der Waals surface area contributed by atoms with Crippen molar-refractivity contribution in [1.82, 2.24) is 19.9 Å². The summed E-state index contributed by atoms with van der Waals surface area (Å²) >= 11 is 0. The lowest BCUT2D eigenvalue weighted by Gasteiger charge is -2.36. The van der Waals surface area contributed by atoms with Gasteiger partial charge in [0.05, 0.1) is 12.7 Å². The summed E-state index contributed by atoms with van der Waals surface area (Å²) in [6.45, 7) is 0.713. The second kappa shape index (κ2) is 4.30. The Bertz CT molecular complexity index is 672. The van der Waals surface area contributed by atoms with Gasteiger partial charge < -0.3 is 4.90 Å². The normalized spacial score (nSPS) is 20.6. The Morgan fingerprint density at radius 1 is 1.25 bits per heavy atom. The third-order valence-corrected chi connectivity index (χ3v) is 3.95. The van der Waals surface area contributed by atoms with Crippen molar-refractivity contribution in [3.05, 3.63) is 53.9 Å². The summed E-state index contributed by atoms with van der Waals surface area (Å²) in [5.41, 5.74) is 3.35. The van der Waals surface area contributed by atoms with Crippen LogP contribution in [0.1, 0.15) is 24.0 Å². The van der Waals surface area contributed by atoms with Gasteiger partial charge in [0.25, 0.3) is 0 Å². The van der Waals surface area contributed by atoms with Crippen molar-refractivity contribution >= 4 is 11.6 Å². The molecule has 2 aromatic rings. The van der Waals surface area contributed by atoms with E-state index in [9.17, 15) is 4.79 Å². The Morgan fingerprint density at radius 2 is 2.10 bits per heavy atom. The van der Waals surface area contributed by atoms with E-state index in [1.54, 1.807) is 10.9 Å². The number of fused-ring (bicyclic) bond motifs is 1. The average molecular weight is 266 g/mol. The molecule has 0 aliphatic carbocycles. The van der Waals surface area contributed by atoms with Gasteiger partial charge in [0.1, 0.15) is 0 Å². The number of carbonyl (C=O) groups is 1. The van der Waals surface area contributed by atoms with Gasteiger partial charge in [-0.15, -0.1) is 5.10 Å². The number of β-lactam (4-membered cyclic amide) rings is 1. The van der Waals surface area contributed by atoms with Crippen LogP contribution in [0, 0.1) is 0 Å². The van der Waals surface area contributed by atoms with Crippen molar-refractivity contribution in [3.63, 3.8) is 0 Å². The van der Waals surface area contributed by atoms with Crippen molar-refractivity contribution in [3.8, 4) is 0 Å². The lowest BCUT2D eigenvalue weighted by atomic mass is 10.0. The molecule has 4 rings (SSSR count). The quantitative estimate of drug-likeness (QED) is 0.794. The number of carbonyl (C=O) groups excluding carboxylic acids is 1. The molecule has 5 nitrogen and oxygen atoms in total. The molecular formula is C15H14N4O. The number of amides is 1. The molecule has 1 fully saturated rings. The first-order chi connectivity index (χ1) is 9.81. The van der Waals surface area contributed by atoms with Gasteiger partial charge in [-0.25, -0.2) is 4.68 Å². The molecule has 2 aliphatic heterocycles. The fraction of sp³-hybridized carbons (Fsp3) is 0.267. The van der Waals surface area contributed by atoms with Crippen molar-refractivity contribution in [1.29, 1.82) is 0 Å². The molecule has 1 aromatic carbocycles. The molecule has 1 saturated heterocycles. The molecule has 5 heteroatoms. The fourth-order valence-electron chi connectivity index (χ4n) is 2.89. The minimum atomic E-state index is 0.241. The van der Waals surface area contributed by atoms with E-state index >= 15 is 0 Å². The maximum atomic E-state index is 11.6. The van der Waals surface area contributed by atoms with Gasteiger partial charge in [0.15, 0.2) is 0 Å². The standard InChI is InChI=1S/C15H14N4O/c20-15-9-13-5-6-14(19(13)15)12-3-1-11(2-4-12)10-18-8-7-16-17-18/h1-4,6-8,13H,5,9-10H2/t13-/m1/s1. The van der Waals surface area contributed by atoms with Gasteiger partial charge in [-0.1, -0.05) is 35.6 Å². The molecule has 3 heterocycles. The SMILES string of the molecule is O=C1C[C@H]2CC=C(c3ccc(Cn4ccnn4)cc3)N12. The molecule has 2 aliphatic rings. The number of benzene rings is 1. The molecule has 0 saturated carbocycles. The summed E-state index contributed by atoms with van der Waals surface area (Å²) in [7, 11) is 0. The number of nitrogens with zero attached hydrogens (tertiary/aromatic N) is 4. The molecule has 0 radical (unpaired) electrons. The zero-order chi connectivity index (χ0) is 13.5. The Kier molecular flexibility index (Phi) is 2.45. The first-order valence-corrected chi connectivity index (χ1v) is 6.77. The molecule has 0 bridgehead atoms. The molecular weight excluding hydrogens is 252 g/mol. The van der Waals surface area contributed by atoms with Crippen molar-refractivity contribution in [2.24, 2.45) is 0 Å². The Hall–Kier alpha value is -2.43. The van der Waals surface area contributed by atoms with Crippen molar-refractivity contribution in [2.75, 3.05) is 0 Å². The van der Waals surface area contributed by atoms with E-state index in [4.69, 9.17) is 0 Å². The summed E-state index contributed by atoms with van der Waals surface area (Å²) in [5, 5.41) is 7.75.